The standard InChI is InChI=1S/C17H20N4O2/c1-4-23-10-9-20-17(22)16-14(13(3)19-20)11-18-21(16)15-8-6-5-7-12(15)2/h5-8,11H,4,9-10H2,1-3H3. The highest BCUT2D eigenvalue weighted by Gasteiger charge is 2.15. The van der Waals surface area contributed by atoms with Crippen LogP contribution in [0.1, 0.15) is 18.2 Å². The summed E-state index contributed by atoms with van der Waals surface area (Å²) in [4.78, 5) is 12.8. The Morgan fingerprint density at radius 1 is 1.22 bits per heavy atom. The number of aryl methyl sites for hydroxylation is 2. The zero-order chi connectivity index (χ0) is 16.4. The molecule has 2 heterocycles. The number of benzene rings is 1. The molecule has 0 radical (unpaired) electrons. The molecule has 3 aromatic rings. The molecule has 0 spiro atoms. The van der Waals surface area contributed by atoms with Gasteiger partial charge >= 0.3 is 0 Å². The van der Waals surface area contributed by atoms with Crippen LogP contribution >= 0.6 is 0 Å². The Bertz CT molecular complexity index is 895. The largest absolute Gasteiger partial charge is 0.380 e. The second-order valence-corrected chi connectivity index (χ2v) is 5.42. The molecule has 6 nitrogen and oxygen atoms in total. The van der Waals surface area contributed by atoms with E-state index in [0.717, 1.165) is 22.3 Å². The molecule has 0 saturated carbocycles. The maximum absolute atomic E-state index is 12.8. The average Bonchev–Trinajstić information content (AvgIpc) is 2.98. The first kappa shape index (κ1) is 15.4. The molecule has 0 aliphatic heterocycles. The van der Waals surface area contributed by atoms with Gasteiger partial charge in [0.25, 0.3) is 5.56 Å². The van der Waals surface area contributed by atoms with Gasteiger partial charge in [-0.05, 0) is 32.4 Å². The van der Waals surface area contributed by atoms with Crippen LogP contribution in [0.4, 0.5) is 0 Å². The van der Waals surface area contributed by atoms with Crippen LogP contribution in [0.25, 0.3) is 16.6 Å². The van der Waals surface area contributed by atoms with Crippen molar-refractivity contribution in [2.45, 2.75) is 27.3 Å². The van der Waals surface area contributed by atoms with E-state index >= 15 is 0 Å². The topological polar surface area (TPSA) is 61.9 Å². The molecule has 23 heavy (non-hydrogen) atoms. The SMILES string of the molecule is CCOCCn1nc(C)c2cnn(-c3ccccc3C)c2c1=O. The molecule has 0 fully saturated rings. The molecular formula is C17H20N4O2. The van der Waals surface area contributed by atoms with E-state index in [9.17, 15) is 4.79 Å². The number of ether oxygens (including phenoxy) is 1. The molecule has 1 aromatic carbocycles. The van der Waals surface area contributed by atoms with Gasteiger partial charge in [0.1, 0.15) is 5.52 Å². The van der Waals surface area contributed by atoms with E-state index in [1.807, 2.05) is 45.0 Å². The minimum atomic E-state index is -0.147. The highest BCUT2D eigenvalue weighted by molar-refractivity contribution is 5.81. The average molecular weight is 312 g/mol. The molecule has 0 aliphatic carbocycles. The summed E-state index contributed by atoms with van der Waals surface area (Å²) in [6, 6.07) is 7.88. The Kier molecular flexibility index (Phi) is 4.25. The van der Waals surface area contributed by atoms with Crippen LogP contribution < -0.4 is 5.56 Å². The lowest BCUT2D eigenvalue weighted by atomic mass is 10.2. The summed E-state index contributed by atoms with van der Waals surface area (Å²) < 4.78 is 8.51. The van der Waals surface area contributed by atoms with Crippen molar-refractivity contribution in [2.24, 2.45) is 0 Å². The number of hydrogen-bond acceptors (Lipinski definition) is 4. The van der Waals surface area contributed by atoms with Gasteiger partial charge in [-0.1, -0.05) is 18.2 Å². The highest BCUT2D eigenvalue weighted by Crippen LogP contribution is 2.19. The minimum Gasteiger partial charge on any atom is -0.380 e. The van der Waals surface area contributed by atoms with E-state index in [1.165, 1.54) is 4.68 Å². The van der Waals surface area contributed by atoms with Gasteiger partial charge in [0.2, 0.25) is 0 Å². The number of para-hydroxylation sites is 1. The van der Waals surface area contributed by atoms with E-state index in [-0.39, 0.29) is 5.56 Å². The van der Waals surface area contributed by atoms with Gasteiger partial charge in [-0.2, -0.15) is 10.2 Å². The Balaban J connectivity index is 2.18. The maximum atomic E-state index is 12.8. The lowest BCUT2D eigenvalue weighted by Crippen LogP contribution is -2.27. The first-order valence-electron chi connectivity index (χ1n) is 7.72. The molecule has 120 valence electrons. The van der Waals surface area contributed by atoms with Crippen LogP contribution in [-0.2, 0) is 11.3 Å². The number of hydrogen-bond donors (Lipinski definition) is 0. The number of rotatable bonds is 5. The maximum Gasteiger partial charge on any atom is 0.293 e. The third-order valence-electron chi connectivity index (χ3n) is 3.86. The predicted octanol–water partition coefficient (Wildman–Crippen LogP) is 2.24. The van der Waals surface area contributed by atoms with Crippen LogP contribution in [0.3, 0.4) is 0 Å². The van der Waals surface area contributed by atoms with Crippen molar-refractivity contribution in [3.63, 3.8) is 0 Å². The molecule has 0 atom stereocenters. The van der Waals surface area contributed by atoms with E-state index in [1.54, 1.807) is 10.9 Å². The van der Waals surface area contributed by atoms with Crippen molar-refractivity contribution < 1.29 is 4.74 Å². The normalized spacial score (nSPS) is 11.3. The van der Waals surface area contributed by atoms with Gasteiger partial charge < -0.3 is 4.74 Å². The molecule has 0 saturated heterocycles. The van der Waals surface area contributed by atoms with Crippen molar-refractivity contribution in [1.82, 2.24) is 19.6 Å². The fourth-order valence-electron chi connectivity index (χ4n) is 2.65. The third-order valence-corrected chi connectivity index (χ3v) is 3.86. The lowest BCUT2D eigenvalue weighted by Gasteiger charge is -2.10. The van der Waals surface area contributed by atoms with Crippen LogP contribution in [-0.4, -0.2) is 32.8 Å². The highest BCUT2D eigenvalue weighted by atomic mass is 16.5. The molecule has 0 unspecified atom stereocenters. The smallest absolute Gasteiger partial charge is 0.293 e. The van der Waals surface area contributed by atoms with E-state index in [0.29, 0.717) is 25.3 Å². The first-order chi connectivity index (χ1) is 11.1. The van der Waals surface area contributed by atoms with Crippen LogP contribution in [0.5, 0.6) is 0 Å². The summed E-state index contributed by atoms with van der Waals surface area (Å²) in [7, 11) is 0. The fourth-order valence-corrected chi connectivity index (χ4v) is 2.65. The summed E-state index contributed by atoms with van der Waals surface area (Å²) >= 11 is 0. The molecule has 6 heteroatoms. The Hall–Kier alpha value is -2.47. The Morgan fingerprint density at radius 2 is 2.00 bits per heavy atom. The van der Waals surface area contributed by atoms with E-state index in [4.69, 9.17) is 4.74 Å². The quantitative estimate of drug-likeness (QED) is 0.678. The summed E-state index contributed by atoms with van der Waals surface area (Å²) in [5.41, 5.74) is 3.17. The molecule has 0 bridgehead atoms. The van der Waals surface area contributed by atoms with E-state index < -0.39 is 0 Å². The first-order valence-corrected chi connectivity index (χ1v) is 7.72. The fraction of sp³-hybridized carbons (Fsp3) is 0.353. The van der Waals surface area contributed by atoms with Crippen LogP contribution in [0.2, 0.25) is 0 Å². The number of nitrogens with zero attached hydrogens (tertiary/aromatic N) is 4. The van der Waals surface area contributed by atoms with Crippen molar-refractivity contribution >= 4 is 10.9 Å². The number of aromatic nitrogens is 4. The van der Waals surface area contributed by atoms with Crippen molar-refractivity contribution in [2.75, 3.05) is 13.2 Å². The van der Waals surface area contributed by atoms with Gasteiger partial charge in [-0.3, -0.25) is 4.79 Å². The minimum absolute atomic E-state index is 0.147. The third kappa shape index (κ3) is 2.77. The summed E-state index contributed by atoms with van der Waals surface area (Å²) in [6.07, 6.45) is 1.71. The summed E-state index contributed by atoms with van der Waals surface area (Å²) in [6.45, 7) is 7.34. The second-order valence-electron chi connectivity index (χ2n) is 5.42. The van der Waals surface area contributed by atoms with Crippen LogP contribution in [0, 0.1) is 13.8 Å². The molecule has 0 amide bonds. The zero-order valence-corrected chi connectivity index (χ0v) is 13.6. The molecule has 0 aliphatic rings. The van der Waals surface area contributed by atoms with E-state index in [2.05, 4.69) is 10.2 Å². The van der Waals surface area contributed by atoms with Crippen molar-refractivity contribution in [3.05, 3.63) is 52.1 Å². The number of fused-ring (bicyclic) bond motifs is 1. The van der Waals surface area contributed by atoms with Gasteiger partial charge in [-0.25, -0.2) is 9.36 Å². The van der Waals surface area contributed by atoms with Crippen LogP contribution in [0.15, 0.2) is 35.3 Å². The molecular weight excluding hydrogens is 292 g/mol. The summed E-state index contributed by atoms with van der Waals surface area (Å²) in [5, 5.41) is 9.57. The lowest BCUT2D eigenvalue weighted by molar-refractivity contribution is 0.135. The van der Waals surface area contributed by atoms with Crippen molar-refractivity contribution in [3.8, 4) is 5.69 Å². The second kappa shape index (κ2) is 6.34. The van der Waals surface area contributed by atoms with Gasteiger partial charge in [0, 0.05) is 12.0 Å². The van der Waals surface area contributed by atoms with Crippen molar-refractivity contribution in [1.29, 1.82) is 0 Å². The Morgan fingerprint density at radius 3 is 2.74 bits per heavy atom. The predicted molar refractivity (Wildman–Crippen MR) is 89.1 cm³/mol. The molecule has 3 rings (SSSR count). The monoisotopic (exact) mass is 312 g/mol. The Labute approximate surface area is 134 Å². The van der Waals surface area contributed by atoms with Gasteiger partial charge in [0.15, 0.2) is 0 Å². The van der Waals surface area contributed by atoms with Gasteiger partial charge in [0.05, 0.1) is 30.7 Å². The van der Waals surface area contributed by atoms with Gasteiger partial charge in [-0.15, -0.1) is 0 Å². The zero-order valence-electron chi connectivity index (χ0n) is 13.6. The molecule has 0 N–H and O–H groups in total. The molecule has 2 aromatic heterocycles. The summed E-state index contributed by atoms with van der Waals surface area (Å²) in [5.74, 6) is 0.